The average molecular weight is 417 g/mol. The van der Waals surface area contributed by atoms with Gasteiger partial charge in [-0.15, -0.1) is 16.4 Å². The predicted octanol–water partition coefficient (Wildman–Crippen LogP) is 2.02. The molecule has 2 amide bonds. The molecule has 146 valence electrons. The largest absolute Gasteiger partial charge is 0.279 e. The van der Waals surface area contributed by atoms with E-state index in [1.807, 2.05) is 26.2 Å². The van der Waals surface area contributed by atoms with E-state index < -0.39 is 0 Å². The van der Waals surface area contributed by atoms with Crippen LogP contribution in [0.25, 0.3) is 5.78 Å². The molecule has 4 rings (SSSR count). The summed E-state index contributed by atoms with van der Waals surface area (Å²) in [6.45, 7) is 3.73. The number of thiophene rings is 1. The van der Waals surface area contributed by atoms with Crippen LogP contribution in [0.15, 0.2) is 11.2 Å². The molecule has 1 aliphatic rings. The third-order valence-corrected chi connectivity index (χ3v) is 6.61. The van der Waals surface area contributed by atoms with Gasteiger partial charge in [0.15, 0.2) is 0 Å². The van der Waals surface area contributed by atoms with Crippen LogP contribution in [0.1, 0.15) is 43.5 Å². The number of aryl methyl sites for hydroxylation is 4. The van der Waals surface area contributed by atoms with E-state index in [1.165, 1.54) is 33.5 Å². The number of carbonyl (C=O) groups is 2. The number of carbonyl (C=O) groups excluding carboxylic acids is 2. The molecular formula is C18H20N6O2S2. The molecule has 0 bridgehead atoms. The van der Waals surface area contributed by atoms with Crippen LogP contribution >= 0.6 is 23.1 Å². The van der Waals surface area contributed by atoms with Crippen molar-refractivity contribution in [2.45, 2.75) is 44.7 Å². The Kier molecular flexibility index (Phi) is 5.07. The van der Waals surface area contributed by atoms with Crippen molar-refractivity contribution in [3.05, 3.63) is 38.3 Å². The molecular weight excluding hydrogens is 396 g/mol. The normalized spacial score (nSPS) is 13.0. The zero-order chi connectivity index (χ0) is 19.8. The van der Waals surface area contributed by atoms with E-state index in [1.54, 1.807) is 4.52 Å². The smallest absolute Gasteiger partial charge is 0.273 e. The second-order valence-corrected chi connectivity index (χ2v) is 8.57. The van der Waals surface area contributed by atoms with Gasteiger partial charge in [0.2, 0.25) is 11.1 Å². The van der Waals surface area contributed by atoms with Gasteiger partial charge in [-0.3, -0.25) is 20.4 Å². The summed E-state index contributed by atoms with van der Waals surface area (Å²) in [5.74, 6) is -0.0757. The molecule has 3 aromatic heterocycles. The number of aromatic nitrogens is 4. The fraction of sp³-hybridized carbons (Fsp3) is 0.389. The monoisotopic (exact) mass is 416 g/mol. The molecule has 3 heterocycles. The Morgan fingerprint density at radius 3 is 2.82 bits per heavy atom. The zero-order valence-electron chi connectivity index (χ0n) is 15.8. The summed E-state index contributed by atoms with van der Waals surface area (Å²) >= 11 is 2.94. The SMILES string of the molecule is CSc1nc2nc(C)c(CC(=O)NNC(=O)c3cc4c(s3)CCC4)c(C)n2n1. The second kappa shape index (κ2) is 7.51. The van der Waals surface area contributed by atoms with Crippen molar-refractivity contribution in [1.29, 1.82) is 0 Å². The van der Waals surface area contributed by atoms with Crippen molar-refractivity contribution >= 4 is 40.7 Å². The summed E-state index contributed by atoms with van der Waals surface area (Å²) in [6.07, 6.45) is 5.21. The highest BCUT2D eigenvalue weighted by atomic mass is 32.2. The Balaban J connectivity index is 1.43. The van der Waals surface area contributed by atoms with Gasteiger partial charge >= 0.3 is 0 Å². The summed E-state index contributed by atoms with van der Waals surface area (Å²) < 4.78 is 1.65. The first-order valence-corrected chi connectivity index (χ1v) is 11.0. The van der Waals surface area contributed by atoms with E-state index in [-0.39, 0.29) is 18.2 Å². The summed E-state index contributed by atoms with van der Waals surface area (Å²) in [6, 6.07) is 1.93. The minimum Gasteiger partial charge on any atom is -0.273 e. The summed E-state index contributed by atoms with van der Waals surface area (Å²) in [5.41, 5.74) is 8.57. The summed E-state index contributed by atoms with van der Waals surface area (Å²) in [4.78, 5) is 35.4. The predicted molar refractivity (Wildman–Crippen MR) is 108 cm³/mol. The molecule has 2 N–H and O–H groups in total. The molecule has 0 radical (unpaired) electrons. The van der Waals surface area contributed by atoms with Crippen LogP contribution in [0.3, 0.4) is 0 Å². The summed E-state index contributed by atoms with van der Waals surface area (Å²) in [5, 5.41) is 5.01. The number of hydrogen-bond acceptors (Lipinski definition) is 7. The Morgan fingerprint density at radius 2 is 2.07 bits per heavy atom. The van der Waals surface area contributed by atoms with Gasteiger partial charge in [0.05, 0.1) is 11.3 Å². The van der Waals surface area contributed by atoms with Gasteiger partial charge in [-0.2, -0.15) is 4.98 Å². The maximum absolute atomic E-state index is 12.4. The molecule has 8 nitrogen and oxygen atoms in total. The number of nitrogens with one attached hydrogen (secondary N) is 2. The highest BCUT2D eigenvalue weighted by Gasteiger charge is 2.20. The van der Waals surface area contributed by atoms with Crippen molar-refractivity contribution in [3.63, 3.8) is 0 Å². The first-order valence-electron chi connectivity index (χ1n) is 8.94. The number of rotatable bonds is 4. The van der Waals surface area contributed by atoms with E-state index in [4.69, 9.17) is 0 Å². The molecule has 0 atom stereocenters. The van der Waals surface area contributed by atoms with Crippen LogP contribution in [0, 0.1) is 13.8 Å². The minimum absolute atomic E-state index is 0.0935. The van der Waals surface area contributed by atoms with Crippen molar-refractivity contribution < 1.29 is 9.59 Å². The van der Waals surface area contributed by atoms with Gasteiger partial charge < -0.3 is 0 Å². The molecule has 0 saturated carbocycles. The van der Waals surface area contributed by atoms with Crippen LogP contribution in [-0.2, 0) is 24.1 Å². The van der Waals surface area contributed by atoms with E-state index in [0.717, 1.165) is 36.2 Å². The lowest BCUT2D eigenvalue weighted by Gasteiger charge is -2.11. The molecule has 28 heavy (non-hydrogen) atoms. The standard InChI is InChI=1S/C18H20N6O2S2/c1-9-12(10(2)24-17(19-9)20-18(23-24)27-3)8-15(25)21-22-16(26)14-7-11-5-4-6-13(11)28-14/h7H,4-6,8H2,1-3H3,(H,21,25)(H,22,26). The van der Waals surface area contributed by atoms with E-state index in [9.17, 15) is 9.59 Å². The molecule has 1 aliphatic carbocycles. The van der Waals surface area contributed by atoms with E-state index in [2.05, 4.69) is 25.9 Å². The molecule has 0 aromatic carbocycles. The van der Waals surface area contributed by atoms with Gasteiger partial charge in [-0.25, -0.2) is 9.50 Å². The first kappa shape index (κ1) is 18.9. The molecule has 0 fully saturated rings. The van der Waals surface area contributed by atoms with Crippen molar-refractivity contribution in [1.82, 2.24) is 30.4 Å². The van der Waals surface area contributed by atoms with Gasteiger partial charge in [-0.05, 0) is 51.0 Å². The minimum atomic E-state index is -0.310. The highest BCUT2D eigenvalue weighted by molar-refractivity contribution is 7.98. The maximum atomic E-state index is 12.4. The lowest BCUT2D eigenvalue weighted by Crippen LogP contribution is -2.42. The number of fused-ring (bicyclic) bond motifs is 2. The Bertz CT molecular complexity index is 1070. The van der Waals surface area contributed by atoms with Crippen molar-refractivity contribution in [2.24, 2.45) is 0 Å². The molecule has 0 unspecified atom stereocenters. The molecule has 0 aliphatic heterocycles. The molecule has 10 heteroatoms. The third kappa shape index (κ3) is 3.49. The van der Waals surface area contributed by atoms with Crippen molar-refractivity contribution in [2.75, 3.05) is 6.26 Å². The molecule has 0 saturated heterocycles. The van der Waals surface area contributed by atoms with Gasteiger partial charge in [0.25, 0.3) is 11.7 Å². The summed E-state index contributed by atoms with van der Waals surface area (Å²) in [7, 11) is 0. The van der Waals surface area contributed by atoms with Crippen molar-refractivity contribution in [3.8, 4) is 0 Å². The average Bonchev–Trinajstić information content (AvgIpc) is 3.37. The zero-order valence-corrected chi connectivity index (χ0v) is 17.5. The Labute approximate surface area is 170 Å². The van der Waals surface area contributed by atoms with Gasteiger partial charge in [0, 0.05) is 21.8 Å². The van der Waals surface area contributed by atoms with Crippen LogP contribution in [0.5, 0.6) is 0 Å². The van der Waals surface area contributed by atoms with Crippen LogP contribution in [-0.4, -0.2) is 37.7 Å². The first-order chi connectivity index (χ1) is 13.5. The molecule has 0 spiro atoms. The Hall–Kier alpha value is -2.46. The van der Waals surface area contributed by atoms with Gasteiger partial charge in [-0.1, -0.05) is 11.8 Å². The number of hydrogen-bond donors (Lipinski definition) is 2. The number of hydrazine groups is 1. The Morgan fingerprint density at radius 1 is 1.25 bits per heavy atom. The van der Waals surface area contributed by atoms with Crippen LogP contribution < -0.4 is 10.9 Å². The maximum Gasteiger partial charge on any atom is 0.279 e. The highest BCUT2D eigenvalue weighted by Crippen LogP contribution is 2.30. The quantitative estimate of drug-likeness (QED) is 0.498. The third-order valence-electron chi connectivity index (χ3n) is 4.84. The second-order valence-electron chi connectivity index (χ2n) is 6.66. The topological polar surface area (TPSA) is 101 Å². The van der Waals surface area contributed by atoms with E-state index in [0.29, 0.717) is 15.8 Å². The fourth-order valence-corrected chi connectivity index (χ4v) is 4.85. The lowest BCUT2D eigenvalue weighted by molar-refractivity contribution is -0.121. The molecule has 3 aromatic rings. The fourth-order valence-electron chi connectivity index (χ4n) is 3.37. The number of amides is 2. The van der Waals surface area contributed by atoms with E-state index >= 15 is 0 Å². The van der Waals surface area contributed by atoms with Crippen LogP contribution in [0.4, 0.5) is 0 Å². The van der Waals surface area contributed by atoms with Crippen LogP contribution in [0.2, 0.25) is 0 Å². The number of thioether (sulfide) groups is 1. The number of nitrogens with zero attached hydrogens (tertiary/aromatic N) is 4. The van der Waals surface area contributed by atoms with Gasteiger partial charge in [0.1, 0.15) is 0 Å². The lowest BCUT2D eigenvalue weighted by atomic mass is 10.1.